The van der Waals surface area contributed by atoms with Crippen LogP contribution in [0, 0.1) is 32.1 Å². The number of aromatic hydroxyl groups is 2. The summed E-state index contributed by atoms with van der Waals surface area (Å²) in [7, 11) is 5.77. The van der Waals surface area contributed by atoms with Gasteiger partial charge in [-0.3, -0.25) is 19.5 Å². The molecule has 4 bridgehead atoms. The number of hydrogen-bond donors (Lipinski definition) is 2. The maximum Gasteiger partial charge on any atom is 0.324 e. The van der Waals surface area contributed by atoms with Gasteiger partial charge >= 0.3 is 5.97 Å². The third kappa shape index (κ3) is 3.59. The molecule has 11 heteroatoms. The second-order valence-corrected chi connectivity index (χ2v) is 13.6. The fourth-order valence-electron chi connectivity index (χ4n) is 7.92. The van der Waals surface area contributed by atoms with E-state index in [-0.39, 0.29) is 54.2 Å². The monoisotopic (exact) mass is 592 g/mol. The predicted molar refractivity (Wildman–Crippen MR) is 156 cm³/mol. The van der Waals surface area contributed by atoms with Gasteiger partial charge in [0.1, 0.15) is 30.2 Å². The molecule has 5 heterocycles. The average Bonchev–Trinajstić information content (AvgIpc) is 3.44. The van der Waals surface area contributed by atoms with E-state index >= 15 is 0 Å². The minimum atomic E-state index is -0.563. The normalized spacial score (nSPS) is 31.7. The Hall–Kier alpha value is -3.17. The largest absolute Gasteiger partial charge is 0.507 e. The quantitative estimate of drug-likeness (QED) is 0.475. The first-order valence-corrected chi connectivity index (χ1v) is 15.4. The predicted octanol–water partition coefficient (Wildman–Crippen LogP) is 3.24. The summed E-state index contributed by atoms with van der Waals surface area (Å²) in [4.78, 5) is 19.7. The van der Waals surface area contributed by atoms with Gasteiger partial charge in [0.25, 0.3) is 0 Å². The highest BCUT2D eigenvalue weighted by molar-refractivity contribution is 7.99. The Morgan fingerprint density at radius 1 is 1.05 bits per heavy atom. The first-order valence-electron chi connectivity index (χ1n) is 14.4. The van der Waals surface area contributed by atoms with E-state index in [0.29, 0.717) is 29.2 Å². The number of carbonyl (C=O) groups excluding carboxylic acids is 1. The van der Waals surface area contributed by atoms with Crippen LogP contribution in [-0.4, -0.2) is 95.3 Å². The Labute approximate surface area is 249 Å². The number of likely N-dealkylation sites (N-methyl/N-ethyl adjacent to an activating group) is 2. The maximum atomic E-state index is 13.3. The number of cyclic esters (lactones) is 1. The number of phenols is 2. The first-order chi connectivity index (χ1) is 20.1. The number of nitriles is 1. The molecule has 2 saturated heterocycles. The Kier molecular flexibility index (Phi) is 6.37. The van der Waals surface area contributed by atoms with Gasteiger partial charge in [0.15, 0.2) is 11.5 Å². The van der Waals surface area contributed by atoms with Crippen LogP contribution in [0.3, 0.4) is 0 Å². The summed E-state index contributed by atoms with van der Waals surface area (Å²) < 4.78 is 17.9. The van der Waals surface area contributed by atoms with E-state index in [2.05, 4.69) is 21.9 Å². The van der Waals surface area contributed by atoms with Crippen LogP contribution in [0.5, 0.6) is 23.0 Å². The second kappa shape index (κ2) is 9.67. The number of hydrogen-bond acceptors (Lipinski definition) is 11. The number of phenolic OH excluding ortho intramolecular Hbond substituents is 2. The van der Waals surface area contributed by atoms with E-state index in [1.807, 2.05) is 46.8 Å². The number of rotatable bonds is 1. The molecule has 5 aliphatic heterocycles. The molecule has 5 aliphatic rings. The van der Waals surface area contributed by atoms with E-state index in [0.717, 1.165) is 33.4 Å². The van der Waals surface area contributed by atoms with Crippen molar-refractivity contribution in [3.63, 3.8) is 0 Å². The van der Waals surface area contributed by atoms with Gasteiger partial charge in [-0.05, 0) is 65.0 Å². The van der Waals surface area contributed by atoms with E-state index in [4.69, 9.17) is 14.2 Å². The summed E-state index contributed by atoms with van der Waals surface area (Å²) in [5.41, 5.74) is 5.88. The summed E-state index contributed by atoms with van der Waals surface area (Å²) in [5.74, 6) is 1.57. The standard InChI is InChI=1S/C31H36N4O6S/c1-13-7-16-8-17-18(9-32)35-19-10-39-31(38)20(33(4)5)11-42-30(25(35)24(34(17)6)21(16)26(36)14(13)2)23-22(19)29-28(40-12-41-29)15(3)27(23)37/h7,17-20,24-25,30,36-37H,8,10-12H2,1-6H3/t17-,18-,19-,20-,24+,25?,30+/m0/s1. The fraction of sp³-hybridized carbons (Fsp3) is 0.548. The number of ether oxygens (including phenoxy) is 3. The van der Waals surface area contributed by atoms with Crippen molar-refractivity contribution in [3.05, 3.63) is 45.0 Å². The van der Waals surface area contributed by atoms with Gasteiger partial charge in [-0.15, -0.1) is 11.8 Å². The minimum absolute atomic E-state index is 0.00450. The van der Waals surface area contributed by atoms with Crippen molar-refractivity contribution in [3.8, 4) is 29.1 Å². The lowest BCUT2D eigenvalue weighted by Crippen LogP contribution is -2.69. The summed E-state index contributed by atoms with van der Waals surface area (Å²) in [6, 6.07) is 2.44. The van der Waals surface area contributed by atoms with Crippen molar-refractivity contribution in [1.82, 2.24) is 14.7 Å². The Bertz CT molecular complexity index is 1560. The molecule has 0 aromatic heterocycles. The Morgan fingerprint density at radius 3 is 2.48 bits per heavy atom. The van der Waals surface area contributed by atoms with Gasteiger partial charge in [0, 0.05) is 40.1 Å². The zero-order valence-electron chi connectivity index (χ0n) is 24.7. The van der Waals surface area contributed by atoms with Crippen LogP contribution >= 0.6 is 11.8 Å². The summed E-state index contributed by atoms with van der Waals surface area (Å²) >= 11 is 1.58. The van der Waals surface area contributed by atoms with Crippen molar-refractivity contribution in [2.75, 3.05) is 40.3 Å². The molecule has 0 saturated carbocycles. The molecular formula is C31H36N4O6S. The molecule has 2 aromatic rings. The van der Waals surface area contributed by atoms with Crippen molar-refractivity contribution >= 4 is 17.7 Å². The van der Waals surface area contributed by atoms with Gasteiger partial charge in [-0.1, -0.05) is 6.07 Å². The van der Waals surface area contributed by atoms with Gasteiger partial charge in [0.2, 0.25) is 6.79 Å². The van der Waals surface area contributed by atoms with E-state index < -0.39 is 18.1 Å². The van der Waals surface area contributed by atoms with Crippen LogP contribution in [0.25, 0.3) is 0 Å². The molecule has 0 amide bonds. The number of carbonyl (C=O) groups is 1. The number of benzene rings is 2. The molecule has 10 nitrogen and oxygen atoms in total. The van der Waals surface area contributed by atoms with Gasteiger partial charge < -0.3 is 24.4 Å². The highest BCUT2D eigenvalue weighted by atomic mass is 32.2. The smallest absolute Gasteiger partial charge is 0.324 e. The van der Waals surface area contributed by atoms with E-state index in [9.17, 15) is 20.3 Å². The molecule has 42 heavy (non-hydrogen) atoms. The molecule has 7 rings (SSSR count). The fourth-order valence-corrected chi connectivity index (χ4v) is 9.64. The number of aryl methyl sites for hydroxylation is 1. The molecule has 0 aliphatic carbocycles. The number of esters is 1. The number of fused-ring (bicyclic) bond motifs is 9. The lowest BCUT2D eigenvalue weighted by atomic mass is 9.71. The SMILES string of the molecule is Cc1cc2c(c(O)c1C)[C@@H]1C3[C@@H]4SC[C@H](N(C)C)C(=O)OC[C@@H](c5c6c(c(C)c(O)c54)OCO6)N3[C@@H](C#N)[C@H](C2)N1C. The zero-order chi connectivity index (χ0) is 29.8. The number of nitrogens with zero attached hydrogens (tertiary/aromatic N) is 4. The third-order valence-corrected chi connectivity index (χ3v) is 11.6. The van der Waals surface area contributed by atoms with Crippen LogP contribution in [-0.2, 0) is 16.0 Å². The number of thioether (sulfide) groups is 1. The lowest BCUT2D eigenvalue weighted by molar-refractivity contribution is -0.154. The molecule has 2 fully saturated rings. The Balaban J connectivity index is 1.53. The second-order valence-electron chi connectivity index (χ2n) is 12.4. The maximum absolute atomic E-state index is 13.3. The highest BCUT2D eigenvalue weighted by Crippen LogP contribution is 2.63. The van der Waals surface area contributed by atoms with Crippen LogP contribution in [0.2, 0.25) is 0 Å². The number of piperazine rings is 1. The third-order valence-electron chi connectivity index (χ3n) is 10.2. The van der Waals surface area contributed by atoms with E-state index in [1.165, 1.54) is 0 Å². The molecule has 0 spiro atoms. The van der Waals surface area contributed by atoms with Crippen molar-refractivity contribution in [2.45, 2.75) is 68.7 Å². The summed E-state index contributed by atoms with van der Waals surface area (Å²) in [6.45, 7) is 5.80. The molecule has 0 radical (unpaired) electrons. The molecular weight excluding hydrogens is 556 g/mol. The Morgan fingerprint density at radius 2 is 1.76 bits per heavy atom. The zero-order valence-corrected chi connectivity index (χ0v) is 25.5. The van der Waals surface area contributed by atoms with Crippen molar-refractivity contribution in [1.29, 1.82) is 5.26 Å². The molecule has 2 N–H and O–H groups in total. The van der Waals surface area contributed by atoms with Crippen LogP contribution < -0.4 is 9.47 Å². The minimum Gasteiger partial charge on any atom is -0.507 e. The molecule has 1 unspecified atom stereocenters. The summed E-state index contributed by atoms with van der Waals surface area (Å²) in [6.07, 6.45) is 0.606. The van der Waals surface area contributed by atoms with Crippen LogP contribution in [0.15, 0.2) is 6.07 Å². The van der Waals surface area contributed by atoms with E-state index in [1.54, 1.807) is 11.8 Å². The first kappa shape index (κ1) is 27.7. The molecule has 2 aromatic carbocycles. The molecule has 222 valence electrons. The van der Waals surface area contributed by atoms with Gasteiger partial charge in [-0.2, -0.15) is 5.26 Å². The van der Waals surface area contributed by atoms with Crippen LogP contribution in [0.1, 0.15) is 56.3 Å². The van der Waals surface area contributed by atoms with Gasteiger partial charge in [0.05, 0.1) is 23.4 Å². The highest BCUT2D eigenvalue weighted by Gasteiger charge is 2.60. The van der Waals surface area contributed by atoms with Gasteiger partial charge in [-0.25, -0.2) is 0 Å². The summed E-state index contributed by atoms with van der Waals surface area (Å²) in [5, 5.41) is 33.9. The average molecular weight is 593 g/mol. The van der Waals surface area contributed by atoms with Crippen molar-refractivity contribution in [2.24, 2.45) is 0 Å². The lowest BCUT2D eigenvalue weighted by Gasteiger charge is -2.61. The van der Waals surface area contributed by atoms with Crippen molar-refractivity contribution < 1.29 is 29.2 Å². The molecule has 7 atom stereocenters. The topological polar surface area (TPSA) is 119 Å². The van der Waals surface area contributed by atoms with Crippen LogP contribution in [0.4, 0.5) is 0 Å².